The van der Waals surface area contributed by atoms with Crippen molar-refractivity contribution in [2.45, 2.75) is 58.3 Å². The summed E-state index contributed by atoms with van der Waals surface area (Å²) in [5.41, 5.74) is 4.39. The van der Waals surface area contributed by atoms with Crippen molar-refractivity contribution in [3.8, 4) is 0 Å². The molecule has 0 saturated heterocycles. The fourth-order valence-corrected chi connectivity index (χ4v) is 3.14. The van der Waals surface area contributed by atoms with E-state index in [0.717, 1.165) is 6.54 Å². The first kappa shape index (κ1) is 16.4. The SMILES string of the molecule is CCCCCN(C)CCCCCc1ccc2c(c1)CCN2. The molecule has 21 heavy (non-hydrogen) atoms. The Balaban J connectivity index is 1.55. The molecule has 1 heterocycles. The van der Waals surface area contributed by atoms with E-state index in [2.05, 4.69) is 42.4 Å². The molecule has 0 saturated carbocycles. The maximum Gasteiger partial charge on any atom is 0.0373 e. The van der Waals surface area contributed by atoms with E-state index in [-0.39, 0.29) is 0 Å². The average molecular weight is 288 g/mol. The van der Waals surface area contributed by atoms with Crippen LogP contribution >= 0.6 is 0 Å². The first-order valence-corrected chi connectivity index (χ1v) is 8.84. The van der Waals surface area contributed by atoms with Crippen LogP contribution in [0.4, 0.5) is 5.69 Å². The summed E-state index contributed by atoms with van der Waals surface area (Å²) in [5.74, 6) is 0. The molecular formula is C19H32N2. The van der Waals surface area contributed by atoms with Crippen LogP contribution in [0.15, 0.2) is 18.2 Å². The molecule has 2 rings (SSSR count). The van der Waals surface area contributed by atoms with Gasteiger partial charge in [-0.05, 0) is 69.4 Å². The first-order valence-electron chi connectivity index (χ1n) is 8.84. The number of fused-ring (bicyclic) bond motifs is 1. The van der Waals surface area contributed by atoms with E-state index in [1.807, 2.05) is 0 Å². The van der Waals surface area contributed by atoms with Crippen molar-refractivity contribution >= 4 is 5.69 Å². The molecule has 2 heteroatoms. The Labute approximate surface area is 130 Å². The number of hydrogen-bond acceptors (Lipinski definition) is 2. The van der Waals surface area contributed by atoms with Crippen molar-refractivity contribution in [3.05, 3.63) is 29.3 Å². The lowest BCUT2D eigenvalue weighted by Gasteiger charge is -2.16. The molecule has 2 nitrogen and oxygen atoms in total. The maximum absolute atomic E-state index is 3.43. The molecule has 1 aromatic rings. The number of anilines is 1. The van der Waals surface area contributed by atoms with Crippen LogP contribution in [-0.4, -0.2) is 31.6 Å². The van der Waals surface area contributed by atoms with Gasteiger partial charge in [0.2, 0.25) is 0 Å². The van der Waals surface area contributed by atoms with Crippen LogP contribution in [-0.2, 0) is 12.8 Å². The number of unbranched alkanes of at least 4 members (excludes halogenated alkanes) is 4. The Hall–Kier alpha value is -1.02. The molecule has 0 unspecified atom stereocenters. The van der Waals surface area contributed by atoms with Gasteiger partial charge in [0.25, 0.3) is 0 Å². The molecule has 1 aliphatic rings. The quantitative estimate of drug-likeness (QED) is 0.638. The Kier molecular flexibility index (Phi) is 7.08. The summed E-state index contributed by atoms with van der Waals surface area (Å²) in [6.45, 7) is 5.92. The van der Waals surface area contributed by atoms with E-state index in [1.54, 1.807) is 0 Å². The van der Waals surface area contributed by atoms with Gasteiger partial charge in [0.05, 0.1) is 0 Å². The van der Waals surface area contributed by atoms with Crippen LogP contribution in [0.5, 0.6) is 0 Å². The highest BCUT2D eigenvalue weighted by atomic mass is 15.1. The maximum atomic E-state index is 3.43. The molecular weight excluding hydrogens is 256 g/mol. The van der Waals surface area contributed by atoms with Gasteiger partial charge in [-0.25, -0.2) is 0 Å². The Morgan fingerprint density at radius 2 is 1.86 bits per heavy atom. The van der Waals surface area contributed by atoms with Crippen molar-refractivity contribution in [1.29, 1.82) is 0 Å². The Morgan fingerprint density at radius 3 is 2.67 bits per heavy atom. The number of nitrogens with zero attached hydrogens (tertiary/aromatic N) is 1. The van der Waals surface area contributed by atoms with Crippen molar-refractivity contribution < 1.29 is 0 Å². The summed E-state index contributed by atoms with van der Waals surface area (Å²) >= 11 is 0. The van der Waals surface area contributed by atoms with Crippen molar-refractivity contribution in [3.63, 3.8) is 0 Å². The fraction of sp³-hybridized carbons (Fsp3) is 0.684. The smallest absolute Gasteiger partial charge is 0.0373 e. The summed E-state index contributed by atoms with van der Waals surface area (Å²) < 4.78 is 0. The van der Waals surface area contributed by atoms with Crippen LogP contribution in [0.2, 0.25) is 0 Å². The lowest BCUT2D eigenvalue weighted by Crippen LogP contribution is -2.20. The average Bonchev–Trinajstić information content (AvgIpc) is 2.94. The minimum atomic E-state index is 1.11. The third kappa shape index (κ3) is 5.70. The largest absolute Gasteiger partial charge is 0.384 e. The molecule has 0 aromatic heterocycles. The Bertz CT molecular complexity index is 414. The summed E-state index contributed by atoms with van der Waals surface area (Å²) in [4.78, 5) is 2.50. The van der Waals surface area contributed by atoms with Crippen molar-refractivity contribution in [2.75, 3.05) is 32.0 Å². The predicted octanol–water partition coefficient (Wildman–Crippen LogP) is 4.49. The second kappa shape index (κ2) is 9.09. The molecule has 0 spiro atoms. The van der Waals surface area contributed by atoms with Gasteiger partial charge < -0.3 is 10.2 Å². The number of hydrogen-bond donors (Lipinski definition) is 1. The number of nitrogens with one attached hydrogen (secondary N) is 1. The topological polar surface area (TPSA) is 15.3 Å². The standard InChI is InChI=1S/C19H32N2/c1-3-4-7-14-21(2)15-8-5-6-9-17-10-11-19-18(16-17)12-13-20-19/h10-11,16,20H,3-9,12-15H2,1-2H3. The van der Waals surface area contributed by atoms with Gasteiger partial charge in [-0.2, -0.15) is 0 Å². The van der Waals surface area contributed by atoms with Crippen molar-refractivity contribution in [1.82, 2.24) is 4.90 Å². The van der Waals surface area contributed by atoms with Gasteiger partial charge in [0.1, 0.15) is 0 Å². The van der Waals surface area contributed by atoms with E-state index in [4.69, 9.17) is 0 Å². The summed E-state index contributed by atoms with van der Waals surface area (Å²) in [7, 11) is 2.27. The summed E-state index contributed by atoms with van der Waals surface area (Å²) in [5, 5.41) is 3.43. The zero-order chi connectivity index (χ0) is 14.9. The monoisotopic (exact) mass is 288 g/mol. The van der Waals surface area contributed by atoms with Gasteiger partial charge in [0, 0.05) is 12.2 Å². The lowest BCUT2D eigenvalue weighted by atomic mass is 10.0. The highest BCUT2D eigenvalue weighted by molar-refractivity contribution is 5.56. The minimum absolute atomic E-state index is 1.11. The van der Waals surface area contributed by atoms with E-state index in [0.29, 0.717) is 0 Å². The lowest BCUT2D eigenvalue weighted by molar-refractivity contribution is 0.316. The van der Waals surface area contributed by atoms with E-state index in [9.17, 15) is 0 Å². The molecule has 0 fully saturated rings. The number of benzene rings is 1. The van der Waals surface area contributed by atoms with Crippen LogP contribution in [0.1, 0.15) is 56.6 Å². The predicted molar refractivity (Wildman–Crippen MR) is 93.2 cm³/mol. The molecule has 1 aliphatic heterocycles. The molecule has 118 valence electrons. The van der Waals surface area contributed by atoms with Crippen LogP contribution in [0.25, 0.3) is 0 Å². The van der Waals surface area contributed by atoms with E-state index in [1.165, 1.54) is 81.3 Å². The third-order valence-electron chi connectivity index (χ3n) is 4.53. The highest BCUT2D eigenvalue weighted by Crippen LogP contribution is 2.23. The fourth-order valence-electron chi connectivity index (χ4n) is 3.14. The molecule has 0 radical (unpaired) electrons. The molecule has 1 N–H and O–H groups in total. The number of aryl methyl sites for hydroxylation is 1. The minimum Gasteiger partial charge on any atom is -0.384 e. The zero-order valence-corrected chi connectivity index (χ0v) is 14.0. The first-order chi connectivity index (χ1) is 10.3. The molecule has 0 amide bonds. The van der Waals surface area contributed by atoms with Crippen LogP contribution in [0.3, 0.4) is 0 Å². The van der Waals surface area contributed by atoms with Gasteiger partial charge in [-0.1, -0.05) is 38.3 Å². The summed E-state index contributed by atoms with van der Waals surface area (Å²) in [6, 6.07) is 6.97. The molecule has 0 aliphatic carbocycles. The normalized spacial score (nSPS) is 13.5. The summed E-state index contributed by atoms with van der Waals surface area (Å²) in [6.07, 6.45) is 10.5. The van der Waals surface area contributed by atoms with Gasteiger partial charge in [0.15, 0.2) is 0 Å². The molecule has 0 atom stereocenters. The zero-order valence-electron chi connectivity index (χ0n) is 14.0. The van der Waals surface area contributed by atoms with E-state index < -0.39 is 0 Å². The third-order valence-corrected chi connectivity index (χ3v) is 4.53. The van der Waals surface area contributed by atoms with Crippen LogP contribution < -0.4 is 5.32 Å². The second-order valence-electron chi connectivity index (χ2n) is 6.49. The van der Waals surface area contributed by atoms with Gasteiger partial charge in [-0.15, -0.1) is 0 Å². The Morgan fingerprint density at radius 1 is 1.05 bits per heavy atom. The molecule has 1 aromatic carbocycles. The van der Waals surface area contributed by atoms with Crippen molar-refractivity contribution in [2.24, 2.45) is 0 Å². The van der Waals surface area contributed by atoms with Gasteiger partial charge >= 0.3 is 0 Å². The highest BCUT2D eigenvalue weighted by Gasteiger charge is 2.09. The van der Waals surface area contributed by atoms with E-state index >= 15 is 0 Å². The van der Waals surface area contributed by atoms with Crippen LogP contribution in [0, 0.1) is 0 Å². The molecule has 0 bridgehead atoms. The second-order valence-corrected chi connectivity index (χ2v) is 6.49. The van der Waals surface area contributed by atoms with Gasteiger partial charge in [-0.3, -0.25) is 0 Å². The number of rotatable bonds is 10.